The third kappa shape index (κ3) is 3.90. The molecule has 1 unspecified atom stereocenters. The summed E-state index contributed by atoms with van der Waals surface area (Å²) in [6, 6.07) is 0.140. The maximum Gasteiger partial charge on any atom is 0.153 e. The number of nitrogens with one attached hydrogen (secondary N) is 1. The Morgan fingerprint density at radius 2 is 1.84 bits per heavy atom. The quantitative estimate of drug-likeness (QED) is 0.779. The molecule has 112 valence electrons. The zero-order valence-corrected chi connectivity index (χ0v) is 13.2. The van der Waals surface area contributed by atoms with Crippen LogP contribution in [0.15, 0.2) is 0 Å². The summed E-state index contributed by atoms with van der Waals surface area (Å²) in [4.78, 5) is 4.85. The predicted octanol–water partition coefficient (Wildman–Crippen LogP) is -0.211. The molecule has 0 amide bonds. The molecule has 0 aliphatic carbocycles. The number of sulfone groups is 1. The van der Waals surface area contributed by atoms with Crippen molar-refractivity contribution in [3.8, 4) is 0 Å². The number of piperazine rings is 1. The van der Waals surface area contributed by atoms with Gasteiger partial charge in [-0.2, -0.15) is 0 Å². The lowest BCUT2D eigenvalue weighted by atomic mass is 10.00. The molecule has 0 aromatic heterocycles. The molecule has 0 spiro atoms. The molecule has 0 bridgehead atoms. The van der Waals surface area contributed by atoms with Gasteiger partial charge in [0.05, 0.1) is 11.5 Å². The van der Waals surface area contributed by atoms with Crippen LogP contribution in [0.25, 0.3) is 0 Å². The minimum atomic E-state index is -2.81. The highest BCUT2D eigenvalue weighted by Gasteiger charge is 2.35. The molecule has 1 atom stereocenters. The first kappa shape index (κ1) is 15.2. The van der Waals surface area contributed by atoms with Crippen LogP contribution in [0.3, 0.4) is 0 Å². The van der Waals surface area contributed by atoms with E-state index in [2.05, 4.69) is 29.0 Å². The van der Waals surface area contributed by atoms with Gasteiger partial charge in [0, 0.05) is 50.8 Å². The summed E-state index contributed by atoms with van der Waals surface area (Å²) in [7, 11) is -2.81. The van der Waals surface area contributed by atoms with Gasteiger partial charge >= 0.3 is 0 Å². The largest absolute Gasteiger partial charge is 0.314 e. The van der Waals surface area contributed by atoms with E-state index in [1.165, 1.54) is 0 Å². The molecule has 0 aromatic carbocycles. The summed E-state index contributed by atoms with van der Waals surface area (Å²) < 4.78 is 23.3. The van der Waals surface area contributed by atoms with Gasteiger partial charge in [-0.25, -0.2) is 8.42 Å². The molecule has 5 nitrogen and oxygen atoms in total. The molecule has 2 heterocycles. The Labute approximate surface area is 117 Å². The van der Waals surface area contributed by atoms with E-state index in [0.29, 0.717) is 18.1 Å². The molecule has 6 heteroatoms. The van der Waals surface area contributed by atoms with Gasteiger partial charge in [-0.05, 0) is 20.8 Å². The Morgan fingerprint density at radius 3 is 2.42 bits per heavy atom. The zero-order chi connectivity index (χ0) is 14.1. The van der Waals surface area contributed by atoms with E-state index in [1.54, 1.807) is 0 Å². The van der Waals surface area contributed by atoms with Crippen molar-refractivity contribution in [2.24, 2.45) is 0 Å². The van der Waals surface area contributed by atoms with Gasteiger partial charge in [-0.15, -0.1) is 0 Å². The van der Waals surface area contributed by atoms with Gasteiger partial charge in [0.2, 0.25) is 0 Å². The smallest absolute Gasteiger partial charge is 0.153 e. The van der Waals surface area contributed by atoms with Crippen LogP contribution in [0.1, 0.15) is 20.8 Å². The maximum absolute atomic E-state index is 11.6. The van der Waals surface area contributed by atoms with Crippen molar-refractivity contribution < 1.29 is 8.42 Å². The van der Waals surface area contributed by atoms with Crippen LogP contribution in [0.4, 0.5) is 0 Å². The topological polar surface area (TPSA) is 52.7 Å². The molecule has 2 aliphatic heterocycles. The minimum Gasteiger partial charge on any atom is -0.314 e. The van der Waals surface area contributed by atoms with Crippen molar-refractivity contribution in [1.29, 1.82) is 0 Å². The minimum absolute atomic E-state index is 0.109. The lowest BCUT2D eigenvalue weighted by molar-refractivity contribution is 0.0535. The summed E-state index contributed by atoms with van der Waals surface area (Å²) >= 11 is 0. The second kappa shape index (κ2) is 5.68. The summed E-state index contributed by atoms with van der Waals surface area (Å²) in [5, 5.41) is 3.38. The maximum atomic E-state index is 11.6. The van der Waals surface area contributed by atoms with E-state index in [1.807, 2.05) is 6.92 Å². The number of hydrogen-bond acceptors (Lipinski definition) is 5. The van der Waals surface area contributed by atoms with Gasteiger partial charge in [-0.1, -0.05) is 0 Å². The number of nitrogens with zero attached hydrogens (tertiary/aromatic N) is 2. The first-order valence-electron chi connectivity index (χ1n) is 7.20. The van der Waals surface area contributed by atoms with Crippen LogP contribution in [-0.2, 0) is 9.84 Å². The van der Waals surface area contributed by atoms with Crippen LogP contribution in [-0.4, -0.2) is 80.6 Å². The first-order chi connectivity index (χ1) is 8.80. The second-order valence-corrected chi connectivity index (χ2v) is 8.71. The third-order valence-corrected chi connectivity index (χ3v) is 6.17. The van der Waals surface area contributed by atoms with E-state index in [0.717, 1.165) is 32.7 Å². The molecule has 1 N–H and O–H groups in total. The molecular weight excluding hydrogens is 262 g/mol. The van der Waals surface area contributed by atoms with Gasteiger partial charge in [0.1, 0.15) is 0 Å². The molecule has 2 fully saturated rings. The van der Waals surface area contributed by atoms with Crippen LogP contribution in [0.2, 0.25) is 0 Å². The van der Waals surface area contributed by atoms with Crippen molar-refractivity contribution >= 4 is 9.84 Å². The molecule has 19 heavy (non-hydrogen) atoms. The highest BCUT2D eigenvalue weighted by molar-refractivity contribution is 7.91. The fourth-order valence-electron chi connectivity index (χ4n) is 3.14. The highest BCUT2D eigenvalue weighted by Crippen LogP contribution is 2.20. The van der Waals surface area contributed by atoms with Gasteiger partial charge in [0.25, 0.3) is 0 Å². The van der Waals surface area contributed by atoms with Gasteiger partial charge < -0.3 is 5.32 Å². The Kier molecular flexibility index (Phi) is 4.55. The van der Waals surface area contributed by atoms with E-state index in [4.69, 9.17) is 0 Å². The predicted molar refractivity (Wildman–Crippen MR) is 78.2 cm³/mol. The lowest BCUT2D eigenvalue weighted by Crippen LogP contribution is -2.60. The van der Waals surface area contributed by atoms with Gasteiger partial charge in [0.15, 0.2) is 9.84 Å². The normalized spacial score (nSPS) is 30.4. The van der Waals surface area contributed by atoms with E-state index in [-0.39, 0.29) is 11.6 Å². The summed E-state index contributed by atoms with van der Waals surface area (Å²) in [5.41, 5.74) is 0.109. The van der Waals surface area contributed by atoms with E-state index >= 15 is 0 Å². The second-order valence-electron chi connectivity index (χ2n) is 6.48. The van der Waals surface area contributed by atoms with Crippen molar-refractivity contribution in [3.05, 3.63) is 0 Å². The number of rotatable bonds is 3. The average molecular weight is 289 g/mol. The Hall–Kier alpha value is -0.170. The molecule has 2 aliphatic rings. The van der Waals surface area contributed by atoms with Crippen LogP contribution in [0, 0.1) is 0 Å². The first-order valence-corrected chi connectivity index (χ1v) is 9.03. The molecule has 0 saturated carbocycles. The van der Waals surface area contributed by atoms with Crippen molar-refractivity contribution in [1.82, 2.24) is 15.1 Å². The molecule has 2 saturated heterocycles. The van der Waals surface area contributed by atoms with Crippen molar-refractivity contribution in [2.45, 2.75) is 32.4 Å². The highest BCUT2D eigenvalue weighted by atomic mass is 32.2. The fraction of sp³-hybridized carbons (Fsp3) is 1.00. The number of hydrogen-bond donors (Lipinski definition) is 1. The average Bonchev–Trinajstić information content (AvgIpc) is 2.33. The summed E-state index contributed by atoms with van der Waals surface area (Å²) in [6.45, 7) is 12.5. The van der Waals surface area contributed by atoms with Gasteiger partial charge in [-0.3, -0.25) is 9.80 Å². The summed E-state index contributed by atoms with van der Waals surface area (Å²) in [6.07, 6.45) is 0. The zero-order valence-electron chi connectivity index (χ0n) is 12.4. The van der Waals surface area contributed by atoms with Crippen molar-refractivity contribution in [2.75, 3.05) is 50.8 Å². The molecule has 2 rings (SSSR count). The lowest BCUT2D eigenvalue weighted by Gasteiger charge is -2.46. The van der Waals surface area contributed by atoms with Crippen molar-refractivity contribution in [3.63, 3.8) is 0 Å². The third-order valence-electron chi connectivity index (χ3n) is 4.37. The van der Waals surface area contributed by atoms with E-state index in [9.17, 15) is 8.42 Å². The molecular formula is C13H27N3O2S. The van der Waals surface area contributed by atoms with Crippen LogP contribution >= 0.6 is 0 Å². The van der Waals surface area contributed by atoms with Crippen LogP contribution < -0.4 is 5.32 Å². The molecule has 0 radical (unpaired) electrons. The van der Waals surface area contributed by atoms with Crippen LogP contribution in [0.5, 0.6) is 0 Å². The Balaban J connectivity index is 1.95. The summed E-state index contributed by atoms with van der Waals surface area (Å²) in [5.74, 6) is 0.625. The van der Waals surface area contributed by atoms with E-state index < -0.39 is 9.84 Å². The standard InChI is InChI=1S/C13H27N3O2S/c1-12-10-19(17,18)9-8-15(12)11-13(2,3)16-6-4-14-5-7-16/h12,14H,4-11H2,1-3H3. The fourth-order valence-corrected chi connectivity index (χ4v) is 4.76. The SMILES string of the molecule is CC1CS(=O)(=O)CCN1CC(C)(C)N1CCNCC1. The monoisotopic (exact) mass is 289 g/mol. The molecule has 0 aromatic rings. The Bertz CT molecular complexity index is 402. The Morgan fingerprint density at radius 1 is 1.21 bits per heavy atom.